The normalized spacial score (nSPS) is 22.4. The number of H-pyrrole nitrogens is 1. The van der Waals surface area contributed by atoms with E-state index in [9.17, 15) is 4.79 Å². The van der Waals surface area contributed by atoms with Crippen molar-refractivity contribution >= 4 is 6.29 Å². The number of rotatable bonds is 3. The van der Waals surface area contributed by atoms with Crippen LogP contribution in [-0.2, 0) is 6.42 Å². The Labute approximate surface area is 101 Å². The molecular formula is C15H17NO. The van der Waals surface area contributed by atoms with Gasteiger partial charge >= 0.3 is 0 Å². The van der Waals surface area contributed by atoms with E-state index in [1.165, 1.54) is 36.1 Å². The van der Waals surface area contributed by atoms with Gasteiger partial charge in [-0.15, -0.1) is 0 Å². The van der Waals surface area contributed by atoms with Crippen molar-refractivity contribution in [2.75, 3.05) is 0 Å². The number of aryl methyl sites for hydroxylation is 1. The van der Waals surface area contributed by atoms with Gasteiger partial charge in [-0.25, -0.2) is 0 Å². The van der Waals surface area contributed by atoms with Crippen LogP contribution in [0.5, 0.6) is 0 Å². The van der Waals surface area contributed by atoms with Crippen molar-refractivity contribution in [1.29, 1.82) is 0 Å². The average Bonchev–Trinajstić information content (AvgIpc) is 2.92. The molecule has 1 heterocycles. The summed E-state index contributed by atoms with van der Waals surface area (Å²) in [5, 5.41) is 0. The van der Waals surface area contributed by atoms with E-state index < -0.39 is 0 Å². The van der Waals surface area contributed by atoms with Gasteiger partial charge in [0.2, 0.25) is 0 Å². The Bertz CT molecular complexity index is 493. The number of aromatic nitrogens is 1. The Kier molecular flexibility index (Phi) is 2.71. The van der Waals surface area contributed by atoms with Gasteiger partial charge in [0.05, 0.1) is 5.69 Å². The fourth-order valence-corrected chi connectivity index (χ4v) is 2.96. The quantitative estimate of drug-likeness (QED) is 0.787. The maximum absolute atomic E-state index is 10.8. The first-order valence-corrected chi connectivity index (χ1v) is 6.39. The second kappa shape index (κ2) is 4.36. The highest BCUT2D eigenvalue weighted by Gasteiger charge is 2.25. The summed E-state index contributed by atoms with van der Waals surface area (Å²) >= 11 is 0. The molecule has 0 aliphatic heterocycles. The van der Waals surface area contributed by atoms with E-state index in [0.717, 1.165) is 24.8 Å². The summed E-state index contributed by atoms with van der Waals surface area (Å²) in [7, 11) is 0. The standard InChI is InChI=1S/C15H17NO/c17-10-13-9-14-12(6-7-15(14)16-13)8-11-4-2-1-3-5-11/h2,4-5,9-10,12,16H,1,3,6-8H2. The maximum atomic E-state index is 10.8. The number of nitrogens with one attached hydrogen (secondary N) is 1. The van der Waals surface area contributed by atoms with Crippen LogP contribution in [0.1, 0.15) is 53.3 Å². The largest absolute Gasteiger partial charge is 0.356 e. The lowest BCUT2D eigenvalue weighted by atomic mass is 9.92. The molecule has 17 heavy (non-hydrogen) atoms. The van der Waals surface area contributed by atoms with Crippen LogP contribution in [0.25, 0.3) is 0 Å². The highest BCUT2D eigenvalue weighted by Crippen LogP contribution is 2.38. The van der Waals surface area contributed by atoms with Gasteiger partial charge in [0.1, 0.15) is 0 Å². The highest BCUT2D eigenvalue weighted by molar-refractivity contribution is 5.73. The lowest BCUT2D eigenvalue weighted by Gasteiger charge is -2.13. The Hall–Kier alpha value is -1.57. The predicted molar refractivity (Wildman–Crippen MR) is 68.3 cm³/mol. The van der Waals surface area contributed by atoms with E-state index in [4.69, 9.17) is 0 Å². The lowest BCUT2D eigenvalue weighted by molar-refractivity contribution is 0.111. The molecule has 0 spiro atoms. The van der Waals surface area contributed by atoms with Gasteiger partial charge in [-0.3, -0.25) is 4.79 Å². The molecule has 0 aromatic carbocycles. The van der Waals surface area contributed by atoms with Gasteiger partial charge < -0.3 is 4.98 Å². The lowest BCUT2D eigenvalue weighted by Crippen LogP contribution is -1.96. The Morgan fingerprint density at radius 3 is 3.12 bits per heavy atom. The van der Waals surface area contributed by atoms with Crippen molar-refractivity contribution in [3.63, 3.8) is 0 Å². The number of allylic oxidation sites excluding steroid dienone is 4. The fraction of sp³-hybridized carbons (Fsp3) is 0.400. The van der Waals surface area contributed by atoms with Crippen molar-refractivity contribution in [1.82, 2.24) is 4.98 Å². The van der Waals surface area contributed by atoms with E-state index >= 15 is 0 Å². The van der Waals surface area contributed by atoms with Crippen LogP contribution in [0.4, 0.5) is 0 Å². The summed E-state index contributed by atoms with van der Waals surface area (Å²) in [5.74, 6) is 0.601. The van der Waals surface area contributed by atoms with E-state index in [2.05, 4.69) is 23.2 Å². The fourth-order valence-electron chi connectivity index (χ4n) is 2.96. The minimum Gasteiger partial charge on any atom is -0.356 e. The number of aromatic amines is 1. The molecule has 0 radical (unpaired) electrons. The number of hydrogen-bond acceptors (Lipinski definition) is 1. The van der Waals surface area contributed by atoms with Gasteiger partial charge in [0, 0.05) is 5.69 Å². The number of aldehydes is 1. The van der Waals surface area contributed by atoms with Crippen LogP contribution in [0.2, 0.25) is 0 Å². The highest BCUT2D eigenvalue weighted by atomic mass is 16.1. The zero-order valence-corrected chi connectivity index (χ0v) is 9.91. The molecule has 1 aromatic rings. The molecule has 0 saturated carbocycles. The molecule has 2 nitrogen and oxygen atoms in total. The molecule has 1 N–H and O–H groups in total. The third-order valence-electron chi connectivity index (χ3n) is 3.82. The molecule has 3 rings (SSSR count). The number of carbonyl (C=O) groups is 1. The Morgan fingerprint density at radius 2 is 2.35 bits per heavy atom. The molecule has 0 fully saturated rings. The van der Waals surface area contributed by atoms with Crippen LogP contribution in [0.3, 0.4) is 0 Å². The van der Waals surface area contributed by atoms with Crippen molar-refractivity contribution in [2.24, 2.45) is 0 Å². The second-order valence-electron chi connectivity index (χ2n) is 4.97. The monoisotopic (exact) mass is 227 g/mol. The smallest absolute Gasteiger partial charge is 0.166 e. The van der Waals surface area contributed by atoms with E-state index in [-0.39, 0.29) is 0 Å². The molecule has 1 atom stereocenters. The van der Waals surface area contributed by atoms with Gasteiger partial charge in [0.15, 0.2) is 6.29 Å². The van der Waals surface area contributed by atoms with Gasteiger partial charge in [-0.2, -0.15) is 0 Å². The molecule has 0 amide bonds. The number of carbonyl (C=O) groups excluding carboxylic acids is 1. The first-order chi connectivity index (χ1) is 8.36. The van der Waals surface area contributed by atoms with E-state index in [1.807, 2.05) is 6.07 Å². The van der Waals surface area contributed by atoms with Gasteiger partial charge in [-0.1, -0.05) is 23.8 Å². The second-order valence-corrected chi connectivity index (χ2v) is 4.97. The Morgan fingerprint density at radius 1 is 1.41 bits per heavy atom. The molecule has 0 bridgehead atoms. The summed E-state index contributed by atoms with van der Waals surface area (Å²) in [6.07, 6.45) is 13.6. The molecular weight excluding hydrogens is 210 g/mol. The summed E-state index contributed by atoms with van der Waals surface area (Å²) in [4.78, 5) is 14.0. The average molecular weight is 227 g/mol. The van der Waals surface area contributed by atoms with E-state index in [0.29, 0.717) is 5.92 Å². The van der Waals surface area contributed by atoms with Crippen molar-refractivity contribution in [3.8, 4) is 0 Å². The third kappa shape index (κ3) is 1.99. The minimum atomic E-state index is 0.601. The summed E-state index contributed by atoms with van der Waals surface area (Å²) in [5.41, 5.74) is 4.83. The molecule has 88 valence electrons. The predicted octanol–water partition coefficient (Wildman–Crippen LogP) is 3.52. The van der Waals surface area contributed by atoms with Crippen LogP contribution >= 0.6 is 0 Å². The molecule has 2 heteroatoms. The zero-order valence-electron chi connectivity index (χ0n) is 9.91. The summed E-state index contributed by atoms with van der Waals surface area (Å²) < 4.78 is 0. The SMILES string of the molecule is O=Cc1cc2c([nH]1)CCC2CC1=CCCC=C1. The zero-order chi connectivity index (χ0) is 11.7. The minimum absolute atomic E-state index is 0.601. The molecule has 2 aliphatic carbocycles. The molecule has 1 unspecified atom stereocenters. The number of hydrogen-bond donors (Lipinski definition) is 1. The maximum Gasteiger partial charge on any atom is 0.166 e. The topological polar surface area (TPSA) is 32.9 Å². The van der Waals surface area contributed by atoms with Crippen LogP contribution in [0.15, 0.2) is 29.9 Å². The first kappa shape index (κ1) is 10.6. The molecule has 2 aliphatic rings. The van der Waals surface area contributed by atoms with Crippen molar-refractivity contribution < 1.29 is 4.79 Å². The van der Waals surface area contributed by atoms with Crippen LogP contribution < -0.4 is 0 Å². The molecule has 1 aromatic heterocycles. The van der Waals surface area contributed by atoms with Crippen molar-refractivity contribution in [2.45, 2.75) is 38.0 Å². The summed E-state index contributed by atoms with van der Waals surface area (Å²) in [6.45, 7) is 0. The third-order valence-corrected chi connectivity index (χ3v) is 3.82. The van der Waals surface area contributed by atoms with Gasteiger partial charge in [-0.05, 0) is 49.7 Å². The molecule has 0 saturated heterocycles. The Balaban J connectivity index is 1.78. The number of fused-ring (bicyclic) bond motifs is 1. The first-order valence-electron chi connectivity index (χ1n) is 6.39. The van der Waals surface area contributed by atoms with Crippen LogP contribution in [0, 0.1) is 0 Å². The van der Waals surface area contributed by atoms with Gasteiger partial charge in [0.25, 0.3) is 0 Å². The van der Waals surface area contributed by atoms with Crippen LogP contribution in [-0.4, -0.2) is 11.3 Å². The summed E-state index contributed by atoms with van der Waals surface area (Å²) in [6, 6.07) is 2.03. The van der Waals surface area contributed by atoms with E-state index in [1.54, 1.807) is 0 Å². The van der Waals surface area contributed by atoms with Crippen molar-refractivity contribution in [3.05, 3.63) is 46.8 Å².